The lowest BCUT2D eigenvalue weighted by molar-refractivity contribution is -0.727. The van der Waals surface area contributed by atoms with E-state index in [2.05, 4.69) is 0 Å². The molecule has 0 unspecified atom stereocenters. The Hall–Kier alpha value is -2.97. The van der Waals surface area contributed by atoms with E-state index in [-0.39, 0.29) is 18.9 Å². The van der Waals surface area contributed by atoms with Crippen molar-refractivity contribution in [1.29, 1.82) is 0 Å². The Kier molecular flexibility index (Phi) is 7.48. The highest BCUT2D eigenvalue weighted by Crippen LogP contribution is 2.42. The number of halogens is 1. The molecule has 0 aliphatic heterocycles. The summed E-state index contributed by atoms with van der Waals surface area (Å²) >= 11 is 6.43. The summed E-state index contributed by atoms with van der Waals surface area (Å²) in [6, 6.07) is 9.52. The number of pyridine rings is 1. The summed E-state index contributed by atoms with van der Waals surface area (Å²) in [6.45, 7) is -0.105. The van der Waals surface area contributed by atoms with Crippen LogP contribution in [0.4, 0.5) is 4.79 Å². The lowest BCUT2D eigenvalue weighted by Crippen LogP contribution is -2.55. The Morgan fingerprint density at radius 2 is 2.03 bits per heavy atom. The van der Waals surface area contributed by atoms with Crippen LogP contribution in [0, 0.1) is 0 Å². The summed E-state index contributed by atoms with van der Waals surface area (Å²) in [5, 5.41) is 9.42. The van der Waals surface area contributed by atoms with Gasteiger partial charge in [0.1, 0.15) is 11.6 Å². The molecule has 1 amide bonds. The van der Waals surface area contributed by atoms with Crippen LogP contribution in [-0.2, 0) is 33.0 Å². The zero-order chi connectivity index (χ0) is 23.3. The number of amides is 1. The Bertz CT molecular complexity index is 1010. The summed E-state index contributed by atoms with van der Waals surface area (Å²) in [6.07, 6.45) is 5.25. The molecule has 1 fully saturated rings. The molecular formula is C23H27ClN3O5+. The number of carbonyl (C=O) groups is 3. The quantitative estimate of drug-likeness (QED) is 0.614. The molecule has 1 aliphatic rings. The second-order valence-corrected chi connectivity index (χ2v) is 8.35. The molecule has 1 aliphatic carbocycles. The van der Waals surface area contributed by atoms with E-state index in [0.29, 0.717) is 29.0 Å². The zero-order valence-electron chi connectivity index (χ0n) is 17.9. The van der Waals surface area contributed by atoms with E-state index >= 15 is 0 Å². The number of carboxylic acid groups (broad SMARTS) is 1. The van der Waals surface area contributed by atoms with Crippen molar-refractivity contribution in [2.24, 2.45) is 5.73 Å². The first-order valence-corrected chi connectivity index (χ1v) is 10.8. The summed E-state index contributed by atoms with van der Waals surface area (Å²) in [5.74, 6) is -1.15. The summed E-state index contributed by atoms with van der Waals surface area (Å²) in [5.41, 5.74) is 5.72. The fourth-order valence-corrected chi connectivity index (χ4v) is 4.42. The van der Waals surface area contributed by atoms with Crippen LogP contribution in [0.2, 0.25) is 5.02 Å². The first kappa shape index (κ1) is 23.7. The largest absolute Gasteiger partial charge is 0.480 e. The number of nitrogens with zero attached hydrogens (tertiary/aromatic N) is 2. The van der Waals surface area contributed by atoms with Crippen molar-refractivity contribution < 1.29 is 28.8 Å². The molecule has 1 aromatic heterocycles. The minimum absolute atomic E-state index is 0.0615. The predicted octanol–water partition coefficient (Wildman–Crippen LogP) is 2.65. The Labute approximate surface area is 191 Å². The van der Waals surface area contributed by atoms with Crippen LogP contribution in [0.25, 0.3) is 0 Å². The van der Waals surface area contributed by atoms with E-state index in [9.17, 15) is 14.4 Å². The van der Waals surface area contributed by atoms with Crippen molar-refractivity contribution in [3.8, 4) is 0 Å². The lowest BCUT2D eigenvalue weighted by Gasteiger charge is -2.43. The fourth-order valence-electron chi connectivity index (χ4n) is 4.13. The second kappa shape index (κ2) is 10.1. The van der Waals surface area contributed by atoms with Crippen molar-refractivity contribution >= 4 is 29.4 Å². The number of hydrogen-bond acceptors (Lipinski definition) is 5. The van der Waals surface area contributed by atoms with E-state index in [1.165, 1.54) is 4.90 Å². The Morgan fingerprint density at radius 1 is 1.28 bits per heavy atom. The van der Waals surface area contributed by atoms with Gasteiger partial charge in [-0.2, -0.15) is 4.57 Å². The molecule has 170 valence electrons. The molecule has 0 saturated heterocycles. The summed E-state index contributed by atoms with van der Waals surface area (Å²) < 4.78 is 7.10. The van der Waals surface area contributed by atoms with Crippen LogP contribution >= 0.6 is 11.6 Å². The maximum Gasteiger partial charge on any atom is 0.415 e. The molecule has 8 nitrogen and oxygen atoms in total. The highest BCUT2D eigenvalue weighted by Gasteiger charge is 2.48. The molecule has 2 atom stereocenters. The van der Waals surface area contributed by atoms with Gasteiger partial charge in [0.25, 0.3) is 6.73 Å². The molecule has 0 radical (unpaired) electrons. The fraction of sp³-hybridized carbons (Fsp3) is 0.391. The van der Waals surface area contributed by atoms with Crippen LogP contribution in [0.1, 0.15) is 36.8 Å². The van der Waals surface area contributed by atoms with Crippen LogP contribution in [0.3, 0.4) is 0 Å². The number of Topliss-reactive ketones (excluding diaryl/α,β-unsaturated/α-hetero) is 1. The number of aromatic nitrogens is 1. The highest BCUT2D eigenvalue weighted by molar-refractivity contribution is 6.31. The average molecular weight is 461 g/mol. The van der Waals surface area contributed by atoms with Gasteiger partial charge in [0.05, 0.1) is 0 Å². The van der Waals surface area contributed by atoms with Crippen molar-refractivity contribution in [2.75, 3.05) is 7.05 Å². The molecule has 0 spiro atoms. The Balaban J connectivity index is 1.77. The standard InChI is InChI=1S/C23H26ClN3O5/c1-26(23(11-5-4-10-20(23)28)17-8-2-3-9-18(17)24)22(31)32-15-27-12-6-7-16(14-27)13-19(25)21(29)30/h2-3,6-9,12,14,19H,4-5,10-11,13,15,25H2,1H3/p+1/t19-,23-/m0/s1. The minimum Gasteiger partial charge on any atom is -0.480 e. The minimum atomic E-state index is -1.17. The van der Waals surface area contributed by atoms with Gasteiger partial charge >= 0.3 is 12.1 Å². The van der Waals surface area contributed by atoms with Crippen LogP contribution < -0.4 is 10.3 Å². The summed E-state index contributed by atoms with van der Waals surface area (Å²) in [4.78, 5) is 38.4. The number of carboxylic acids is 1. The first-order chi connectivity index (χ1) is 15.3. The van der Waals surface area contributed by atoms with Gasteiger partial charge in [0.15, 0.2) is 18.2 Å². The van der Waals surface area contributed by atoms with E-state index in [4.69, 9.17) is 27.2 Å². The third kappa shape index (κ3) is 4.92. The number of hydrogen-bond donors (Lipinski definition) is 2. The van der Waals surface area contributed by atoms with Gasteiger partial charge in [0, 0.05) is 42.1 Å². The van der Waals surface area contributed by atoms with Crippen molar-refractivity contribution in [2.45, 2.75) is 50.4 Å². The molecule has 3 N–H and O–H groups in total. The van der Waals surface area contributed by atoms with Crippen molar-refractivity contribution in [3.05, 3.63) is 64.9 Å². The maximum atomic E-state index is 13.1. The van der Waals surface area contributed by atoms with E-state index in [1.807, 2.05) is 0 Å². The molecule has 2 aromatic rings. The van der Waals surface area contributed by atoms with Crippen LogP contribution in [0.15, 0.2) is 48.8 Å². The van der Waals surface area contributed by atoms with Gasteiger partial charge in [-0.1, -0.05) is 29.8 Å². The number of rotatable bonds is 7. The molecule has 1 heterocycles. The van der Waals surface area contributed by atoms with Gasteiger partial charge in [-0.3, -0.25) is 14.5 Å². The Morgan fingerprint density at radius 3 is 2.72 bits per heavy atom. The number of nitrogens with two attached hydrogens (primary N) is 1. The van der Waals surface area contributed by atoms with Gasteiger partial charge in [-0.05, 0) is 31.4 Å². The highest BCUT2D eigenvalue weighted by atomic mass is 35.5. The molecule has 3 rings (SSSR count). The molecular weight excluding hydrogens is 434 g/mol. The summed E-state index contributed by atoms with van der Waals surface area (Å²) in [7, 11) is 1.56. The van der Waals surface area contributed by atoms with Crippen LogP contribution in [0.5, 0.6) is 0 Å². The van der Waals surface area contributed by atoms with Gasteiger partial charge in [-0.25, -0.2) is 4.79 Å². The number of aliphatic carboxylic acids is 1. The number of ether oxygens (including phenoxy) is 1. The van der Waals surface area contributed by atoms with E-state index < -0.39 is 23.6 Å². The third-order valence-electron chi connectivity index (χ3n) is 5.85. The number of likely N-dealkylation sites (N-methyl/N-ethyl adjacent to an activating group) is 1. The normalized spacial score (nSPS) is 19.3. The van der Waals surface area contributed by atoms with Gasteiger partial charge in [0.2, 0.25) is 0 Å². The lowest BCUT2D eigenvalue weighted by atomic mass is 9.74. The molecule has 9 heteroatoms. The molecule has 32 heavy (non-hydrogen) atoms. The van der Waals surface area contributed by atoms with Crippen molar-refractivity contribution in [1.82, 2.24) is 4.90 Å². The first-order valence-electron chi connectivity index (χ1n) is 10.4. The monoisotopic (exact) mass is 460 g/mol. The van der Waals surface area contributed by atoms with E-state index in [1.54, 1.807) is 60.4 Å². The average Bonchev–Trinajstić information content (AvgIpc) is 2.78. The number of carbonyl (C=O) groups excluding carboxylic acids is 2. The number of benzene rings is 1. The maximum absolute atomic E-state index is 13.1. The van der Waals surface area contributed by atoms with Gasteiger partial charge < -0.3 is 15.6 Å². The molecule has 0 bridgehead atoms. The topological polar surface area (TPSA) is 114 Å². The molecule has 1 saturated carbocycles. The predicted molar refractivity (Wildman–Crippen MR) is 117 cm³/mol. The zero-order valence-corrected chi connectivity index (χ0v) is 18.6. The SMILES string of the molecule is CN(C(=O)OC[n+]1cccc(C[C@H](N)C(=O)O)c1)[C@]1(c2ccccc2Cl)CCCCC1=O. The van der Waals surface area contributed by atoms with Crippen molar-refractivity contribution in [3.63, 3.8) is 0 Å². The van der Waals surface area contributed by atoms with E-state index in [0.717, 1.165) is 12.8 Å². The van der Waals surface area contributed by atoms with Crippen LogP contribution in [-0.4, -0.2) is 40.9 Å². The smallest absolute Gasteiger partial charge is 0.415 e. The number of ketones is 1. The van der Waals surface area contributed by atoms with Gasteiger partial charge in [-0.15, -0.1) is 0 Å². The molecule has 1 aromatic carbocycles. The third-order valence-corrected chi connectivity index (χ3v) is 6.18. The second-order valence-electron chi connectivity index (χ2n) is 7.94.